The molecule has 0 aromatic carbocycles. The van der Waals surface area contributed by atoms with E-state index in [9.17, 15) is 9.59 Å². The summed E-state index contributed by atoms with van der Waals surface area (Å²) in [5.41, 5.74) is 1.03. The number of carbonyl (C=O) groups is 1. The third-order valence-corrected chi connectivity index (χ3v) is 9.85. The molecule has 0 radical (unpaired) electrons. The molecule has 2 N–H and O–H groups in total. The molecule has 234 valence electrons. The van der Waals surface area contributed by atoms with E-state index in [4.69, 9.17) is 19.5 Å². The van der Waals surface area contributed by atoms with E-state index in [1.165, 1.54) is 44.9 Å². The van der Waals surface area contributed by atoms with Crippen molar-refractivity contribution < 1.29 is 9.32 Å². The second-order valence-corrected chi connectivity index (χ2v) is 14.3. The van der Waals surface area contributed by atoms with Crippen LogP contribution in [0.4, 0.5) is 11.8 Å². The lowest BCUT2D eigenvalue weighted by Gasteiger charge is -2.42. The Morgan fingerprint density at radius 1 is 1.07 bits per heavy atom. The fourth-order valence-corrected chi connectivity index (χ4v) is 6.91. The number of H-pyrrole nitrogens is 1. The van der Waals surface area contributed by atoms with Crippen molar-refractivity contribution in [3.8, 4) is 11.6 Å². The monoisotopic (exact) mass is 593 g/mol. The summed E-state index contributed by atoms with van der Waals surface area (Å²) in [6, 6.07) is 0.302. The lowest BCUT2D eigenvalue weighted by atomic mass is 9.80. The van der Waals surface area contributed by atoms with Gasteiger partial charge in [-0.3, -0.25) is 14.3 Å². The van der Waals surface area contributed by atoms with Gasteiger partial charge in [0.1, 0.15) is 5.52 Å². The van der Waals surface area contributed by atoms with E-state index < -0.39 is 11.2 Å². The smallest absolute Gasteiger partial charge is 0.365 e. The van der Waals surface area contributed by atoms with Crippen LogP contribution < -0.4 is 16.0 Å². The molecule has 43 heavy (non-hydrogen) atoms. The molecule has 0 bridgehead atoms. The van der Waals surface area contributed by atoms with Gasteiger partial charge in [-0.05, 0) is 57.3 Å². The van der Waals surface area contributed by atoms with E-state index in [2.05, 4.69) is 45.7 Å². The topological polar surface area (TPSA) is 138 Å². The number of piperazine rings is 1. The standard InChI is InChI=1S/C31H47N9O3/c1-18-10-12-21(13-11-18)17-40-23-24(32-20(3)22-8-7-9-22)33-26(27-36-30(42)43-37-27)34-25(23)35-29(40)39-15-14-38(16-19(39)2)28(41)31(4,5)6/h18-22H,7-17H2,1-6H3,(H,32,33,34)(H,36,37,42)/t18-,19-,20-,21-/m1/s1. The first-order valence-electron chi connectivity index (χ1n) is 16.1. The Hall–Kier alpha value is -3.44. The maximum atomic E-state index is 13.1. The number of imidazole rings is 1. The number of aromatic amines is 1. The van der Waals surface area contributed by atoms with Gasteiger partial charge in [-0.15, -0.1) is 0 Å². The maximum Gasteiger partial charge on any atom is 0.439 e. The number of aromatic nitrogens is 6. The first-order valence-corrected chi connectivity index (χ1v) is 16.1. The van der Waals surface area contributed by atoms with Crippen molar-refractivity contribution in [2.24, 2.45) is 23.2 Å². The number of rotatable bonds is 7. The second kappa shape index (κ2) is 11.6. The van der Waals surface area contributed by atoms with Crippen molar-refractivity contribution in [2.45, 2.75) is 105 Å². The molecule has 1 saturated heterocycles. The number of nitrogens with zero attached hydrogens (tertiary/aromatic N) is 7. The van der Waals surface area contributed by atoms with Crippen molar-refractivity contribution >= 4 is 28.8 Å². The minimum absolute atomic E-state index is 0.0756. The van der Waals surface area contributed by atoms with E-state index in [1.807, 2.05) is 25.7 Å². The van der Waals surface area contributed by atoms with Crippen molar-refractivity contribution in [3.63, 3.8) is 0 Å². The summed E-state index contributed by atoms with van der Waals surface area (Å²) < 4.78 is 7.12. The Morgan fingerprint density at radius 3 is 2.42 bits per heavy atom. The molecule has 12 nitrogen and oxygen atoms in total. The fraction of sp³-hybridized carbons (Fsp3) is 0.742. The Bertz CT molecular complexity index is 1510. The molecule has 1 aliphatic heterocycles. The van der Waals surface area contributed by atoms with Crippen LogP contribution in [0.5, 0.6) is 0 Å². The average Bonchev–Trinajstić information content (AvgIpc) is 3.51. The van der Waals surface area contributed by atoms with Crippen LogP contribution in [0.1, 0.15) is 86.5 Å². The first kappa shape index (κ1) is 29.6. The van der Waals surface area contributed by atoms with Crippen LogP contribution >= 0.6 is 0 Å². The number of amides is 1. The predicted octanol–water partition coefficient (Wildman–Crippen LogP) is 4.68. The largest absolute Gasteiger partial charge is 0.439 e. The third-order valence-electron chi connectivity index (χ3n) is 9.85. The fourth-order valence-electron chi connectivity index (χ4n) is 6.91. The molecule has 3 aliphatic rings. The van der Waals surface area contributed by atoms with Crippen molar-refractivity contribution in [3.05, 3.63) is 10.6 Å². The molecule has 4 heterocycles. The molecule has 12 heteroatoms. The number of anilines is 2. The Kier molecular flexibility index (Phi) is 7.97. The molecule has 3 aromatic heterocycles. The van der Waals surface area contributed by atoms with Gasteiger partial charge in [0.15, 0.2) is 11.5 Å². The average molecular weight is 594 g/mol. The zero-order chi connectivity index (χ0) is 30.5. The van der Waals surface area contributed by atoms with Gasteiger partial charge in [0.05, 0.1) is 0 Å². The lowest BCUT2D eigenvalue weighted by Crippen LogP contribution is -2.56. The molecule has 0 spiro atoms. The van der Waals surface area contributed by atoms with Crippen LogP contribution in [-0.2, 0) is 11.3 Å². The second-order valence-electron chi connectivity index (χ2n) is 14.3. The van der Waals surface area contributed by atoms with Crippen LogP contribution in [0.25, 0.3) is 22.8 Å². The minimum Gasteiger partial charge on any atom is -0.365 e. The van der Waals surface area contributed by atoms with Gasteiger partial charge in [0.25, 0.3) is 0 Å². The van der Waals surface area contributed by atoms with E-state index in [0.717, 1.165) is 23.9 Å². The molecule has 2 atom stereocenters. The molecule has 2 aliphatic carbocycles. The molecule has 0 unspecified atom stereocenters. The first-order chi connectivity index (χ1) is 20.5. The zero-order valence-electron chi connectivity index (χ0n) is 26.5. The SMILES string of the molecule is C[C@@H]1CN(C(=O)C(C)(C)C)CCN1c1nc2nc(-c3noc(=O)[nH]3)nc(N[C@H](C)C3CCC3)c2n1C[C@H]1CC[C@H](C)CC1. The molecule has 2 saturated carbocycles. The number of nitrogens with one attached hydrogen (secondary N) is 2. The van der Waals surface area contributed by atoms with E-state index in [0.29, 0.717) is 42.9 Å². The van der Waals surface area contributed by atoms with E-state index >= 15 is 0 Å². The highest BCUT2D eigenvalue weighted by Crippen LogP contribution is 2.37. The van der Waals surface area contributed by atoms with Crippen LogP contribution in [-0.4, -0.2) is 72.2 Å². The van der Waals surface area contributed by atoms with E-state index in [1.54, 1.807) is 0 Å². The minimum atomic E-state index is -0.648. The van der Waals surface area contributed by atoms with E-state index in [-0.39, 0.29) is 29.6 Å². The quantitative estimate of drug-likeness (QED) is 0.400. The molecule has 3 aromatic rings. The summed E-state index contributed by atoms with van der Waals surface area (Å²) in [7, 11) is 0. The summed E-state index contributed by atoms with van der Waals surface area (Å²) in [6.07, 6.45) is 8.50. The van der Waals surface area contributed by atoms with Gasteiger partial charge < -0.3 is 19.7 Å². The summed E-state index contributed by atoms with van der Waals surface area (Å²) in [6.45, 7) is 15.5. The van der Waals surface area contributed by atoms with Gasteiger partial charge in [-0.2, -0.15) is 4.98 Å². The number of hydrogen-bond acceptors (Lipinski definition) is 9. The van der Waals surface area contributed by atoms with Crippen LogP contribution in [0.15, 0.2) is 9.32 Å². The number of fused-ring (bicyclic) bond motifs is 1. The summed E-state index contributed by atoms with van der Waals surface area (Å²) in [5, 5.41) is 7.59. The van der Waals surface area contributed by atoms with Gasteiger partial charge in [0.2, 0.25) is 23.5 Å². The van der Waals surface area contributed by atoms with Gasteiger partial charge in [-0.25, -0.2) is 14.8 Å². The summed E-state index contributed by atoms with van der Waals surface area (Å²) >= 11 is 0. The van der Waals surface area contributed by atoms with Crippen LogP contribution in [0, 0.1) is 23.2 Å². The normalized spacial score (nSPS) is 24.3. The molecule has 6 rings (SSSR count). The van der Waals surface area contributed by atoms with Crippen molar-refractivity contribution in [1.29, 1.82) is 0 Å². The lowest BCUT2D eigenvalue weighted by molar-refractivity contribution is -0.140. The molecular formula is C31H47N9O3. The Balaban J connectivity index is 1.43. The third kappa shape index (κ3) is 6.02. The highest BCUT2D eigenvalue weighted by molar-refractivity contribution is 5.88. The zero-order valence-corrected chi connectivity index (χ0v) is 26.5. The van der Waals surface area contributed by atoms with Crippen LogP contribution in [0.2, 0.25) is 0 Å². The number of hydrogen-bond donors (Lipinski definition) is 2. The molecule has 1 amide bonds. The highest BCUT2D eigenvalue weighted by atomic mass is 16.5. The molecular weight excluding hydrogens is 546 g/mol. The van der Waals surface area contributed by atoms with Gasteiger partial charge >= 0.3 is 5.76 Å². The van der Waals surface area contributed by atoms with Gasteiger partial charge in [-0.1, -0.05) is 52.1 Å². The van der Waals surface area contributed by atoms with Crippen LogP contribution in [0.3, 0.4) is 0 Å². The van der Waals surface area contributed by atoms with Crippen molar-refractivity contribution in [2.75, 3.05) is 29.9 Å². The van der Waals surface area contributed by atoms with Gasteiger partial charge in [0, 0.05) is 43.7 Å². The summed E-state index contributed by atoms with van der Waals surface area (Å²) in [5.74, 6) is 3.45. The maximum absolute atomic E-state index is 13.1. The number of carbonyl (C=O) groups excluding carboxylic acids is 1. The molecule has 3 fully saturated rings. The predicted molar refractivity (Wildman–Crippen MR) is 166 cm³/mol. The Morgan fingerprint density at radius 2 is 1.81 bits per heavy atom. The summed E-state index contributed by atoms with van der Waals surface area (Å²) in [4.78, 5) is 46.8. The Labute approximate surface area is 253 Å². The highest BCUT2D eigenvalue weighted by Gasteiger charge is 2.36. The van der Waals surface area contributed by atoms with Crippen molar-refractivity contribution in [1.82, 2.24) is 34.6 Å².